The second kappa shape index (κ2) is 7.62. The molecule has 24 heavy (non-hydrogen) atoms. The topological polar surface area (TPSA) is 29.1 Å². The van der Waals surface area contributed by atoms with Crippen molar-refractivity contribution in [2.75, 3.05) is 5.32 Å². The Kier molecular flexibility index (Phi) is 5.09. The predicted octanol–water partition coefficient (Wildman–Crippen LogP) is 5.66. The number of hydrogen-bond donors (Lipinski definition) is 1. The van der Waals surface area contributed by atoms with E-state index in [-0.39, 0.29) is 5.91 Å². The van der Waals surface area contributed by atoms with Crippen LogP contribution in [0.1, 0.15) is 5.56 Å². The molecule has 3 heteroatoms. The standard InChI is InChI=1S/C21H16ClNO/c22-19-11-6-16(7-12-19)8-15-21(24)23-20-13-9-18(10-14-20)17-4-2-1-3-5-17/h1-15H,(H,23,24)/b15-8+. The summed E-state index contributed by atoms with van der Waals surface area (Å²) in [5.74, 6) is -0.169. The van der Waals surface area contributed by atoms with E-state index in [1.807, 2.05) is 54.6 Å². The molecule has 0 unspecified atom stereocenters. The van der Waals surface area contributed by atoms with E-state index in [9.17, 15) is 4.79 Å². The zero-order valence-corrected chi connectivity index (χ0v) is 13.7. The van der Waals surface area contributed by atoms with Crippen molar-refractivity contribution in [2.24, 2.45) is 0 Å². The highest BCUT2D eigenvalue weighted by Gasteiger charge is 2.00. The summed E-state index contributed by atoms with van der Waals surface area (Å²) < 4.78 is 0. The van der Waals surface area contributed by atoms with Gasteiger partial charge >= 0.3 is 0 Å². The van der Waals surface area contributed by atoms with Crippen molar-refractivity contribution >= 4 is 29.3 Å². The minimum absolute atomic E-state index is 0.169. The van der Waals surface area contributed by atoms with Crippen LogP contribution < -0.4 is 5.32 Å². The fourth-order valence-corrected chi connectivity index (χ4v) is 2.43. The molecule has 118 valence electrons. The molecule has 0 aliphatic heterocycles. The molecule has 3 aromatic carbocycles. The van der Waals surface area contributed by atoms with Crippen LogP contribution >= 0.6 is 11.6 Å². The smallest absolute Gasteiger partial charge is 0.248 e. The van der Waals surface area contributed by atoms with Gasteiger partial charge in [0.15, 0.2) is 0 Å². The normalized spacial score (nSPS) is 10.7. The molecule has 1 amide bonds. The molecule has 0 saturated carbocycles. The second-order valence-corrected chi connectivity index (χ2v) is 5.75. The molecule has 2 nitrogen and oxygen atoms in total. The SMILES string of the molecule is O=C(/C=C/c1ccc(Cl)cc1)Nc1ccc(-c2ccccc2)cc1. The van der Waals surface area contributed by atoms with Crippen molar-refractivity contribution in [1.82, 2.24) is 0 Å². The van der Waals surface area contributed by atoms with Gasteiger partial charge in [0.2, 0.25) is 5.91 Å². The van der Waals surface area contributed by atoms with Crippen molar-refractivity contribution in [2.45, 2.75) is 0 Å². The Balaban J connectivity index is 1.63. The van der Waals surface area contributed by atoms with Crippen molar-refractivity contribution in [3.05, 3.63) is 95.5 Å². The second-order valence-electron chi connectivity index (χ2n) is 5.32. The largest absolute Gasteiger partial charge is 0.323 e. The molecule has 0 spiro atoms. The summed E-state index contributed by atoms with van der Waals surface area (Å²) in [6.07, 6.45) is 3.26. The van der Waals surface area contributed by atoms with Crippen LogP contribution in [0.2, 0.25) is 5.02 Å². The number of anilines is 1. The Labute approximate surface area is 146 Å². The van der Waals surface area contributed by atoms with Gasteiger partial charge in [-0.25, -0.2) is 0 Å². The van der Waals surface area contributed by atoms with Crippen molar-refractivity contribution in [3.8, 4) is 11.1 Å². The van der Waals surface area contributed by atoms with Gasteiger partial charge in [0, 0.05) is 16.8 Å². The number of benzene rings is 3. The number of carbonyl (C=O) groups excluding carboxylic acids is 1. The third-order valence-corrected chi connectivity index (χ3v) is 3.81. The molecule has 0 saturated heterocycles. The predicted molar refractivity (Wildman–Crippen MR) is 101 cm³/mol. The summed E-state index contributed by atoms with van der Waals surface area (Å²) in [5, 5.41) is 3.53. The minimum Gasteiger partial charge on any atom is -0.323 e. The molecule has 0 aromatic heterocycles. The number of rotatable bonds is 4. The van der Waals surface area contributed by atoms with Crippen molar-refractivity contribution in [1.29, 1.82) is 0 Å². The average Bonchev–Trinajstić information content (AvgIpc) is 2.63. The number of carbonyl (C=O) groups is 1. The first-order chi connectivity index (χ1) is 11.7. The number of amides is 1. The van der Waals surface area contributed by atoms with Crippen LogP contribution in [0.4, 0.5) is 5.69 Å². The van der Waals surface area contributed by atoms with Gasteiger partial charge in [0.25, 0.3) is 0 Å². The van der Waals surface area contributed by atoms with Gasteiger partial charge in [-0.15, -0.1) is 0 Å². The van der Waals surface area contributed by atoms with E-state index in [2.05, 4.69) is 17.4 Å². The maximum atomic E-state index is 12.0. The molecule has 0 atom stereocenters. The molecule has 0 radical (unpaired) electrons. The molecule has 0 aliphatic carbocycles. The van der Waals surface area contributed by atoms with Crippen molar-refractivity contribution in [3.63, 3.8) is 0 Å². The highest BCUT2D eigenvalue weighted by Crippen LogP contribution is 2.21. The molecule has 3 rings (SSSR count). The van der Waals surface area contributed by atoms with E-state index in [0.717, 1.165) is 22.4 Å². The van der Waals surface area contributed by atoms with Gasteiger partial charge in [0.1, 0.15) is 0 Å². The van der Waals surface area contributed by atoms with Crippen molar-refractivity contribution < 1.29 is 4.79 Å². The summed E-state index contributed by atoms with van der Waals surface area (Å²) in [7, 11) is 0. The van der Waals surface area contributed by atoms with E-state index in [1.165, 1.54) is 6.08 Å². The third kappa shape index (κ3) is 4.34. The number of nitrogens with one attached hydrogen (secondary N) is 1. The molecule has 1 N–H and O–H groups in total. The Morgan fingerprint density at radius 3 is 2.08 bits per heavy atom. The zero-order valence-electron chi connectivity index (χ0n) is 12.9. The Hall–Kier alpha value is -2.84. The summed E-state index contributed by atoms with van der Waals surface area (Å²) in [6.45, 7) is 0. The Morgan fingerprint density at radius 1 is 0.792 bits per heavy atom. The first kappa shape index (κ1) is 16.0. The van der Waals surface area contributed by atoms with E-state index >= 15 is 0 Å². The number of halogens is 1. The fraction of sp³-hybridized carbons (Fsp3) is 0. The lowest BCUT2D eigenvalue weighted by molar-refractivity contribution is -0.111. The van der Waals surface area contributed by atoms with Crippen LogP contribution in [0.5, 0.6) is 0 Å². The lowest BCUT2D eigenvalue weighted by atomic mass is 10.1. The van der Waals surface area contributed by atoms with Gasteiger partial charge < -0.3 is 5.32 Å². The highest BCUT2D eigenvalue weighted by atomic mass is 35.5. The lowest BCUT2D eigenvalue weighted by Gasteiger charge is -2.05. The monoisotopic (exact) mass is 333 g/mol. The maximum absolute atomic E-state index is 12.0. The molecular formula is C21H16ClNO. The first-order valence-corrected chi connectivity index (χ1v) is 7.99. The van der Waals surface area contributed by atoms with E-state index in [1.54, 1.807) is 18.2 Å². The van der Waals surface area contributed by atoms with Crippen LogP contribution in [0.25, 0.3) is 17.2 Å². The lowest BCUT2D eigenvalue weighted by Crippen LogP contribution is -2.07. The van der Waals surface area contributed by atoms with E-state index in [0.29, 0.717) is 5.02 Å². The van der Waals surface area contributed by atoms with Gasteiger partial charge in [0.05, 0.1) is 0 Å². The molecule has 3 aromatic rings. The van der Waals surface area contributed by atoms with Gasteiger partial charge in [-0.05, 0) is 47.0 Å². The zero-order chi connectivity index (χ0) is 16.8. The first-order valence-electron chi connectivity index (χ1n) is 7.61. The van der Waals surface area contributed by atoms with Gasteiger partial charge in [-0.2, -0.15) is 0 Å². The van der Waals surface area contributed by atoms with Gasteiger partial charge in [-0.3, -0.25) is 4.79 Å². The molecular weight excluding hydrogens is 318 g/mol. The van der Waals surface area contributed by atoms with Crippen LogP contribution in [0.15, 0.2) is 84.9 Å². The highest BCUT2D eigenvalue weighted by molar-refractivity contribution is 6.30. The van der Waals surface area contributed by atoms with E-state index in [4.69, 9.17) is 11.6 Å². The summed E-state index contributed by atoms with van der Waals surface area (Å²) in [6, 6.07) is 25.2. The average molecular weight is 334 g/mol. The van der Waals surface area contributed by atoms with Crippen LogP contribution in [-0.2, 0) is 4.79 Å². The summed E-state index contributed by atoms with van der Waals surface area (Å²) >= 11 is 5.84. The molecule has 0 heterocycles. The Morgan fingerprint density at radius 2 is 1.42 bits per heavy atom. The molecule has 0 bridgehead atoms. The van der Waals surface area contributed by atoms with Gasteiger partial charge in [-0.1, -0.05) is 66.2 Å². The van der Waals surface area contributed by atoms with Crippen LogP contribution in [0.3, 0.4) is 0 Å². The summed E-state index contributed by atoms with van der Waals surface area (Å²) in [4.78, 5) is 12.0. The number of hydrogen-bond acceptors (Lipinski definition) is 1. The Bertz CT molecular complexity index is 837. The third-order valence-electron chi connectivity index (χ3n) is 3.56. The van der Waals surface area contributed by atoms with Crippen LogP contribution in [-0.4, -0.2) is 5.91 Å². The van der Waals surface area contributed by atoms with E-state index < -0.39 is 0 Å². The summed E-state index contributed by atoms with van der Waals surface area (Å²) in [5.41, 5.74) is 3.96. The van der Waals surface area contributed by atoms with Crippen LogP contribution in [0, 0.1) is 0 Å². The minimum atomic E-state index is -0.169. The quantitative estimate of drug-likeness (QED) is 0.613. The maximum Gasteiger partial charge on any atom is 0.248 e. The molecule has 0 fully saturated rings. The fourth-order valence-electron chi connectivity index (χ4n) is 2.31. The molecule has 0 aliphatic rings.